The molecule has 0 N–H and O–H groups in total. The van der Waals surface area contributed by atoms with Crippen LogP contribution in [0.5, 0.6) is 0 Å². The van der Waals surface area contributed by atoms with Gasteiger partial charge in [0.1, 0.15) is 6.61 Å². The Bertz CT molecular complexity index is 759. The van der Waals surface area contributed by atoms with E-state index in [-0.39, 0.29) is 24.3 Å². The first kappa shape index (κ1) is 18.6. The number of benzene rings is 2. The molecule has 6 heteroatoms. The number of ether oxygens (including phenoxy) is 2. The fourth-order valence-electron chi connectivity index (χ4n) is 2.08. The Morgan fingerprint density at radius 1 is 0.920 bits per heavy atom. The van der Waals surface area contributed by atoms with Crippen LogP contribution in [0, 0.1) is 11.6 Å². The molecule has 0 spiro atoms. The molecular formula is C19H18F2O4. The van der Waals surface area contributed by atoms with Gasteiger partial charge >= 0.3 is 11.9 Å². The van der Waals surface area contributed by atoms with Crippen LogP contribution in [-0.2, 0) is 16.1 Å². The van der Waals surface area contributed by atoms with E-state index in [4.69, 9.17) is 9.47 Å². The molecule has 0 bridgehead atoms. The van der Waals surface area contributed by atoms with Gasteiger partial charge in [-0.2, -0.15) is 0 Å². The van der Waals surface area contributed by atoms with E-state index in [1.165, 1.54) is 18.2 Å². The molecule has 0 unspecified atom stereocenters. The average Bonchev–Trinajstić information content (AvgIpc) is 2.62. The molecule has 2 rings (SSSR count). The molecule has 0 aromatic heterocycles. The lowest BCUT2D eigenvalue weighted by molar-refractivity contribution is 0.0436. The summed E-state index contributed by atoms with van der Waals surface area (Å²) >= 11 is 0. The van der Waals surface area contributed by atoms with Crippen LogP contribution in [0.4, 0.5) is 8.78 Å². The summed E-state index contributed by atoms with van der Waals surface area (Å²) in [6.45, 7) is 2.00. The van der Waals surface area contributed by atoms with Crippen LogP contribution in [0.15, 0.2) is 42.5 Å². The Labute approximate surface area is 144 Å². The summed E-state index contributed by atoms with van der Waals surface area (Å²) in [7, 11) is 0. The normalized spacial score (nSPS) is 10.4. The lowest BCUT2D eigenvalue weighted by atomic mass is 10.1. The molecule has 0 saturated heterocycles. The van der Waals surface area contributed by atoms with Crippen LogP contribution in [0.25, 0.3) is 0 Å². The summed E-state index contributed by atoms with van der Waals surface area (Å²) in [5.74, 6) is -3.34. The molecule has 0 aliphatic heterocycles. The topological polar surface area (TPSA) is 52.6 Å². The standard InChI is InChI=1S/C19H18F2O4/c1-2-3-10-24-18(22)14-6-4-5-7-15(14)19(23)25-12-13-8-9-16(20)17(21)11-13/h4-9,11H,2-3,10,12H2,1H3. The van der Waals surface area contributed by atoms with E-state index in [1.807, 2.05) is 6.92 Å². The Balaban J connectivity index is 2.06. The molecule has 0 atom stereocenters. The van der Waals surface area contributed by atoms with Crippen molar-refractivity contribution in [1.82, 2.24) is 0 Å². The zero-order valence-corrected chi connectivity index (χ0v) is 13.8. The van der Waals surface area contributed by atoms with Crippen molar-refractivity contribution in [3.8, 4) is 0 Å². The molecule has 0 radical (unpaired) electrons. The second-order valence-corrected chi connectivity index (χ2v) is 5.36. The SMILES string of the molecule is CCCCOC(=O)c1ccccc1C(=O)OCc1ccc(F)c(F)c1. The van der Waals surface area contributed by atoms with Crippen LogP contribution in [0.2, 0.25) is 0 Å². The van der Waals surface area contributed by atoms with Crippen molar-refractivity contribution in [2.24, 2.45) is 0 Å². The first-order valence-electron chi connectivity index (χ1n) is 7.90. The Morgan fingerprint density at radius 3 is 2.16 bits per heavy atom. The molecule has 2 aromatic carbocycles. The van der Waals surface area contributed by atoms with E-state index in [2.05, 4.69) is 0 Å². The highest BCUT2D eigenvalue weighted by Crippen LogP contribution is 2.15. The van der Waals surface area contributed by atoms with Crippen molar-refractivity contribution in [2.75, 3.05) is 6.61 Å². The predicted molar refractivity (Wildman–Crippen MR) is 87.1 cm³/mol. The van der Waals surface area contributed by atoms with E-state index in [1.54, 1.807) is 12.1 Å². The fourth-order valence-corrected chi connectivity index (χ4v) is 2.08. The Morgan fingerprint density at radius 2 is 1.56 bits per heavy atom. The second kappa shape index (κ2) is 8.92. The van der Waals surface area contributed by atoms with E-state index in [0.29, 0.717) is 5.56 Å². The summed E-state index contributed by atoms with van der Waals surface area (Å²) in [4.78, 5) is 24.3. The van der Waals surface area contributed by atoms with Crippen LogP contribution in [0.1, 0.15) is 46.0 Å². The van der Waals surface area contributed by atoms with E-state index >= 15 is 0 Å². The number of halogens is 2. The minimum atomic E-state index is -1.02. The lowest BCUT2D eigenvalue weighted by Crippen LogP contribution is -2.14. The van der Waals surface area contributed by atoms with Gasteiger partial charge in [0, 0.05) is 0 Å². The number of carbonyl (C=O) groups is 2. The van der Waals surface area contributed by atoms with Crippen LogP contribution < -0.4 is 0 Å². The molecular weight excluding hydrogens is 330 g/mol. The molecule has 0 amide bonds. The van der Waals surface area contributed by atoms with Crippen molar-refractivity contribution in [1.29, 1.82) is 0 Å². The number of rotatable bonds is 7. The summed E-state index contributed by atoms with van der Waals surface area (Å²) < 4.78 is 36.3. The molecule has 132 valence electrons. The quantitative estimate of drug-likeness (QED) is 0.554. The zero-order chi connectivity index (χ0) is 18.2. The summed E-state index contributed by atoms with van der Waals surface area (Å²) in [6, 6.07) is 9.35. The van der Waals surface area contributed by atoms with Gasteiger partial charge in [0.25, 0.3) is 0 Å². The Hall–Kier alpha value is -2.76. The smallest absolute Gasteiger partial charge is 0.339 e. The molecule has 0 aliphatic rings. The molecule has 2 aromatic rings. The number of esters is 2. The minimum absolute atomic E-state index is 0.0617. The summed E-state index contributed by atoms with van der Waals surface area (Å²) in [5.41, 5.74) is 0.468. The average molecular weight is 348 g/mol. The second-order valence-electron chi connectivity index (χ2n) is 5.36. The van der Waals surface area contributed by atoms with Gasteiger partial charge in [-0.25, -0.2) is 18.4 Å². The van der Waals surface area contributed by atoms with Crippen molar-refractivity contribution in [2.45, 2.75) is 26.4 Å². The molecule has 0 heterocycles. The monoisotopic (exact) mass is 348 g/mol. The molecule has 0 fully saturated rings. The molecule has 4 nitrogen and oxygen atoms in total. The summed E-state index contributed by atoms with van der Waals surface area (Å²) in [5, 5.41) is 0. The maximum Gasteiger partial charge on any atom is 0.339 e. The van der Waals surface area contributed by atoms with Gasteiger partial charge in [-0.05, 0) is 36.2 Å². The fraction of sp³-hybridized carbons (Fsp3) is 0.263. The van der Waals surface area contributed by atoms with E-state index < -0.39 is 23.6 Å². The van der Waals surface area contributed by atoms with Gasteiger partial charge < -0.3 is 9.47 Å². The van der Waals surface area contributed by atoms with Crippen LogP contribution >= 0.6 is 0 Å². The van der Waals surface area contributed by atoms with Crippen molar-refractivity contribution in [3.05, 3.63) is 70.8 Å². The van der Waals surface area contributed by atoms with E-state index in [0.717, 1.165) is 25.0 Å². The molecule has 25 heavy (non-hydrogen) atoms. The first-order chi connectivity index (χ1) is 12.0. The zero-order valence-electron chi connectivity index (χ0n) is 13.8. The van der Waals surface area contributed by atoms with E-state index in [9.17, 15) is 18.4 Å². The number of hydrogen-bond acceptors (Lipinski definition) is 4. The van der Waals surface area contributed by atoms with Crippen molar-refractivity contribution >= 4 is 11.9 Å². The maximum absolute atomic E-state index is 13.2. The van der Waals surface area contributed by atoms with Gasteiger partial charge in [0.2, 0.25) is 0 Å². The predicted octanol–water partition coefficient (Wildman–Crippen LogP) is 4.28. The summed E-state index contributed by atoms with van der Waals surface area (Å²) in [6.07, 6.45) is 1.61. The molecule has 0 saturated carbocycles. The first-order valence-corrected chi connectivity index (χ1v) is 7.90. The third-order valence-electron chi connectivity index (χ3n) is 3.45. The van der Waals surface area contributed by atoms with Crippen LogP contribution in [0.3, 0.4) is 0 Å². The third kappa shape index (κ3) is 5.11. The van der Waals surface area contributed by atoms with Gasteiger partial charge in [-0.3, -0.25) is 0 Å². The molecule has 0 aliphatic carbocycles. The minimum Gasteiger partial charge on any atom is -0.462 e. The van der Waals surface area contributed by atoms with Gasteiger partial charge in [0.05, 0.1) is 17.7 Å². The van der Waals surface area contributed by atoms with Gasteiger partial charge in [0.15, 0.2) is 11.6 Å². The number of hydrogen-bond donors (Lipinski definition) is 0. The lowest BCUT2D eigenvalue weighted by Gasteiger charge is -2.10. The number of unbranched alkanes of at least 4 members (excludes halogenated alkanes) is 1. The van der Waals surface area contributed by atoms with Crippen molar-refractivity contribution in [3.63, 3.8) is 0 Å². The Kier molecular flexibility index (Phi) is 6.62. The van der Waals surface area contributed by atoms with Gasteiger partial charge in [-0.1, -0.05) is 31.5 Å². The maximum atomic E-state index is 13.2. The van der Waals surface area contributed by atoms with Gasteiger partial charge in [-0.15, -0.1) is 0 Å². The number of carbonyl (C=O) groups excluding carboxylic acids is 2. The van der Waals surface area contributed by atoms with Crippen molar-refractivity contribution < 1.29 is 27.8 Å². The third-order valence-corrected chi connectivity index (χ3v) is 3.45. The largest absolute Gasteiger partial charge is 0.462 e. The highest BCUT2D eigenvalue weighted by molar-refractivity contribution is 6.03. The highest BCUT2D eigenvalue weighted by Gasteiger charge is 2.19. The van der Waals surface area contributed by atoms with Crippen LogP contribution in [-0.4, -0.2) is 18.5 Å². The highest BCUT2D eigenvalue weighted by atomic mass is 19.2.